The van der Waals surface area contributed by atoms with Crippen LogP contribution in [0.2, 0.25) is 0 Å². The van der Waals surface area contributed by atoms with Crippen molar-refractivity contribution in [1.82, 2.24) is 24.7 Å². The Labute approximate surface area is 184 Å². The second-order valence-electron chi connectivity index (χ2n) is 6.79. The molecule has 0 aliphatic carbocycles. The van der Waals surface area contributed by atoms with E-state index in [0.29, 0.717) is 22.9 Å². The van der Waals surface area contributed by atoms with E-state index in [1.165, 1.54) is 25.6 Å². The lowest BCUT2D eigenvalue weighted by Gasteiger charge is -2.12. The molecule has 162 valence electrons. The molecule has 3 aromatic rings. The van der Waals surface area contributed by atoms with Gasteiger partial charge in [0.25, 0.3) is 5.91 Å². The van der Waals surface area contributed by atoms with E-state index < -0.39 is 5.91 Å². The van der Waals surface area contributed by atoms with Crippen molar-refractivity contribution >= 4 is 23.4 Å². The monoisotopic (exact) mass is 431 g/mol. The van der Waals surface area contributed by atoms with Gasteiger partial charge in [-0.25, -0.2) is 9.97 Å². The number of hydrogen-bond donors (Lipinski definition) is 3. The summed E-state index contributed by atoms with van der Waals surface area (Å²) in [6.07, 6.45) is 4.36. The molecule has 0 saturated heterocycles. The molecule has 3 heterocycles. The molecule has 0 saturated carbocycles. The van der Waals surface area contributed by atoms with Crippen LogP contribution >= 0.6 is 0 Å². The quantitative estimate of drug-likeness (QED) is 0.293. The largest absolute Gasteiger partial charge is 0.481 e. The second-order valence-corrected chi connectivity index (χ2v) is 6.79. The molecular formula is C21H21N9O2. The average Bonchev–Trinajstić information content (AvgIpc) is 3.30. The molecule has 11 nitrogen and oxygen atoms in total. The fourth-order valence-corrected chi connectivity index (χ4v) is 2.69. The summed E-state index contributed by atoms with van der Waals surface area (Å²) in [6.45, 7) is 4.00. The zero-order chi connectivity index (χ0) is 23.1. The maximum Gasteiger partial charge on any atom is 0.263 e. The van der Waals surface area contributed by atoms with Gasteiger partial charge in [0, 0.05) is 18.4 Å². The van der Waals surface area contributed by atoms with Gasteiger partial charge in [-0.15, -0.1) is 10.2 Å². The first-order valence-electron chi connectivity index (χ1n) is 9.57. The summed E-state index contributed by atoms with van der Waals surface area (Å²) in [5.74, 6) is 0.205. The van der Waals surface area contributed by atoms with Crippen LogP contribution in [0.25, 0.3) is 11.5 Å². The molecule has 11 heteroatoms. The van der Waals surface area contributed by atoms with Crippen molar-refractivity contribution in [3.8, 4) is 17.6 Å². The molecule has 0 bridgehead atoms. The Hall–Kier alpha value is -4.59. The van der Waals surface area contributed by atoms with E-state index >= 15 is 0 Å². The van der Waals surface area contributed by atoms with Crippen LogP contribution in [-0.4, -0.2) is 43.6 Å². The van der Waals surface area contributed by atoms with Gasteiger partial charge >= 0.3 is 0 Å². The second kappa shape index (κ2) is 9.94. The van der Waals surface area contributed by atoms with E-state index in [1.807, 2.05) is 24.5 Å². The number of carbonyl (C=O) groups is 1. The fourth-order valence-electron chi connectivity index (χ4n) is 2.69. The first kappa shape index (κ1) is 22.1. The topological polar surface area (TPSA) is 154 Å². The number of pyridine rings is 2. The van der Waals surface area contributed by atoms with Crippen LogP contribution < -0.4 is 10.6 Å². The van der Waals surface area contributed by atoms with Gasteiger partial charge < -0.3 is 19.9 Å². The summed E-state index contributed by atoms with van der Waals surface area (Å²) < 4.78 is 6.80. The van der Waals surface area contributed by atoms with Gasteiger partial charge in [0.15, 0.2) is 5.82 Å². The van der Waals surface area contributed by atoms with Crippen molar-refractivity contribution in [3.05, 3.63) is 60.2 Å². The molecule has 0 aromatic carbocycles. The molecule has 32 heavy (non-hydrogen) atoms. The van der Waals surface area contributed by atoms with E-state index in [1.54, 1.807) is 30.6 Å². The average molecular weight is 431 g/mol. The smallest absolute Gasteiger partial charge is 0.263 e. The van der Waals surface area contributed by atoms with E-state index in [0.717, 1.165) is 0 Å². The molecule has 0 radical (unpaired) electrons. The van der Waals surface area contributed by atoms with Crippen molar-refractivity contribution in [3.63, 3.8) is 0 Å². The maximum atomic E-state index is 12.8. The summed E-state index contributed by atoms with van der Waals surface area (Å²) in [6, 6.07) is 10.3. The van der Waals surface area contributed by atoms with Crippen molar-refractivity contribution in [2.24, 2.45) is 0 Å². The molecule has 0 aliphatic rings. The highest BCUT2D eigenvalue weighted by atomic mass is 16.5. The summed E-state index contributed by atoms with van der Waals surface area (Å²) in [5.41, 5.74) is 0.852. The molecule has 0 spiro atoms. The molecule has 1 amide bonds. The Balaban J connectivity index is 1.83. The van der Waals surface area contributed by atoms with Gasteiger partial charge in [-0.05, 0) is 38.1 Å². The van der Waals surface area contributed by atoms with Crippen molar-refractivity contribution in [1.29, 1.82) is 10.7 Å². The third-order valence-electron chi connectivity index (χ3n) is 4.30. The third-order valence-corrected chi connectivity index (χ3v) is 4.30. The highest BCUT2D eigenvalue weighted by Crippen LogP contribution is 2.20. The van der Waals surface area contributed by atoms with Crippen LogP contribution in [0.5, 0.6) is 0 Å². The number of hydrogen-bond acceptors (Lipinski definition) is 9. The molecule has 0 unspecified atom stereocenters. The van der Waals surface area contributed by atoms with Crippen LogP contribution in [0.4, 0.5) is 11.6 Å². The Morgan fingerprint density at radius 1 is 1.31 bits per heavy atom. The van der Waals surface area contributed by atoms with Crippen molar-refractivity contribution in [2.75, 3.05) is 17.7 Å². The summed E-state index contributed by atoms with van der Waals surface area (Å²) >= 11 is 0. The number of nitrogens with one attached hydrogen (secondary N) is 3. The number of aromatic nitrogens is 5. The zero-order valence-electron chi connectivity index (χ0n) is 17.7. The minimum absolute atomic E-state index is 0.0887. The van der Waals surface area contributed by atoms with Crippen LogP contribution in [0.3, 0.4) is 0 Å². The normalized spacial score (nSPS) is 11.0. The Morgan fingerprint density at radius 3 is 2.84 bits per heavy atom. The maximum absolute atomic E-state index is 12.8. The Bertz CT molecular complexity index is 1210. The Kier molecular flexibility index (Phi) is 6.87. The number of nitrogens with zero attached hydrogens (tertiary/aromatic N) is 6. The lowest BCUT2D eigenvalue weighted by Crippen LogP contribution is -2.22. The van der Waals surface area contributed by atoms with Gasteiger partial charge in [-0.3, -0.25) is 10.2 Å². The number of anilines is 2. The molecule has 0 fully saturated rings. The third kappa shape index (κ3) is 5.11. The standard InChI is InChI=1S/C21H21N9O2/c1-13(2)30-12-26-29-20(30)16-5-4-6-17(27-16)28-21(31)15(19(23)32-3)11-25-18-9-14(10-22)7-8-24-18/h4-9,11-13,23H,1-3H3,(H,24,25)(H,27,28,31)/b15-11+,23-19?. The minimum Gasteiger partial charge on any atom is -0.481 e. The fraction of sp³-hybridized carbons (Fsp3) is 0.190. The number of carbonyl (C=O) groups excluding carboxylic acids is 1. The number of nitriles is 1. The number of amides is 1. The molecule has 0 atom stereocenters. The SMILES string of the molecule is COC(=N)/C(=C\Nc1cc(C#N)ccn1)C(=O)Nc1cccc(-c2nncn2C(C)C)n1. The molecule has 3 N–H and O–H groups in total. The van der Waals surface area contributed by atoms with Crippen LogP contribution in [0.1, 0.15) is 25.5 Å². The Morgan fingerprint density at radius 2 is 2.12 bits per heavy atom. The summed E-state index contributed by atoms with van der Waals surface area (Å²) in [5, 5.41) is 30.5. The van der Waals surface area contributed by atoms with Crippen LogP contribution in [-0.2, 0) is 9.53 Å². The van der Waals surface area contributed by atoms with Crippen LogP contribution in [0, 0.1) is 16.7 Å². The molecule has 3 rings (SSSR count). The number of ether oxygens (including phenoxy) is 1. The van der Waals surface area contributed by atoms with Gasteiger partial charge in [0.2, 0.25) is 5.90 Å². The highest BCUT2D eigenvalue weighted by Gasteiger charge is 2.18. The van der Waals surface area contributed by atoms with E-state index in [9.17, 15) is 4.79 Å². The molecule has 0 aliphatic heterocycles. The summed E-state index contributed by atoms with van der Waals surface area (Å²) in [7, 11) is 1.29. The van der Waals surface area contributed by atoms with Gasteiger partial charge in [-0.1, -0.05) is 6.07 Å². The van der Waals surface area contributed by atoms with Gasteiger partial charge in [0.1, 0.15) is 29.2 Å². The van der Waals surface area contributed by atoms with E-state index in [2.05, 4.69) is 30.8 Å². The highest BCUT2D eigenvalue weighted by molar-refractivity contribution is 6.21. The van der Waals surface area contributed by atoms with Crippen LogP contribution in [0.15, 0.2) is 54.6 Å². The predicted molar refractivity (Wildman–Crippen MR) is 118 cm³/mol. The molecular weight excluding hydrogens is 410 g/mol. The van der Waals surface area contributed by atoms with Gasteiger partial charge in [-0.2, -0.15) is 5.26 Å². The number of rotatable bonds is 7. The van der Waals surface area contributed by atoms with E-state index in [4.69, 9.17) is 15.4 Å². The first-order valence-corrected chi connectivity index (χ1v) is 9.57. The van der Waals surface area contributed by atoms with Crippen molar-refractivity contribution in [2.45, 2.75) is 19.9 Å². The van der Waals surface area contributed by atoms with Crippen molar-refractivity contribution < 1.29 is 9.53 Å². The number of methoxy groups -OCH3 is 1. The lowest BCUT2D eigenvalue weighted by molar-refractivity contribution is -0.112. The summed E-state index contributed by atoms with van der Waals surface area (Å²) in [4.78, 5) is 21.4. The molecule has 3 aromatic heterocycles. The lowest BCUT2D eigenvalue weighted by atomic mass is 10.2. The predicted octanol–water partition coefficient (Wildman–Crippen LogP) is 2.75. The van der Waals surface area contributed by atoms with E-state index in [-0.39, 0.29) is 23.3 Å². The minimum atomic E-state index is -0.615. The van der Waals surface area contributed by atoms with Gasteiger partial charge in [0.05, 0.1) is 18.7 Å². The first-order chi connectivity index (χ1) is 15.4. The zero-order valence-corrected chi connectivity index (χ0v) is 17.7.